The maximum absolute atomic E-state index is 6.56. The van der Waals surface area contributed by atoms with Gasteiger partial charge in [0.15, 0.2) is 0 Å². The summed E-state index contributed by atoms with van der Waals surface area (Å²) < 4.78 is 5.82. The van der Waals surface area contributed by atoms with Crippen molar-refractivity contribution in [3.05, 3.63) is 70.3 Å². The number of allylic oxidation sites excluding steroid dienone is 1. The van der Waals surface area contributed by atoms with Gasteiger partial charge >= 0.3 is 0 Å². The summed E-state index contributed by atoms with van der Waals surface area (Å²) in [6.07, 6.45) is 5.12. The molecule has 0 fully saturated rings. The third kappa shape index (κ3) is 4.07. The van der Waals surface area contributed by atoms with E-state index in [4.69, 9.17) is 16.3 Å². The number of hydrogen-bond donors (Lipinski definition) is 0. The Balaban J connectivity index is 1.83. The van der Waals surface area contributed by atoms with Crippen LogP contribution in [0.5, 0.6) is 5.75 Å². The van der Waals surface area contributed by atoms with Crippen LogP contribution in [0.2, 0.25) is 0 Å². The number of aliphatic imine (C=N–C) groups is 1. The van der Waals surface area contributed by atoms with Crippen molar-refractivity contribution < 1.29 is 4.74 Å². The summed E-state index contributed by atoms with van der Waals surface area (Å²) >= 11 is 6.56. The Morgan fingerprint density at radius 1 is 1.21 bits per heavy atom. The Bertz CT molecular complexity index is 750. The number of rotatable bonds is 6. The van der Waals surface area contributed by atoms with Crippen molar-refractivity contribution in [1.82, 2.24) is 0 Å². The molecule has 24 heavy (non-hydrogen) atoms. The van der Waals surface area contributed by atoms with Gasteiger partial charge in [-0.15, -0.1) is 0 Å². The van der Waals surface area contributed by atoms with E-state index >= 15 is 0 Å². The number of nitrogens with zero attached hydrogens (tertiary/aromatic N) is 1. The molecule has 3 rings (SSSR count). The smallest absolute Gasteiger partial charge is 0.119 e. The molecule has 2 aromatic rings. The molecule has 0 bridgehead atoms. The minimum atomic E-state index is 0.682. The van der Waals surface area contributed by atoms with Crippen molar-refractivity contribution in [2.75, 3.05) is 13.2 Å². The first-order valence-corrected chi connectivity index (χ1v) is 8.89. The second kappa shape index (κ2) is 8.16. The summed E-state index contributed by atoms with van der Waals surface area (Å²) in [6.45, 7) is 3.70. The molecular formula is C21H22ClNO. The monoisotopic (exact) mass is 339 g/mol. The van der Waals surface area contributed by atoms with E-state index in [1.807, 2.05) is 42.5 Å². The molecule has 0 aliphatic carbocycles. The number of fused-ring (bicyclic) bond motifs is 1. The van der Waals surface area contributed by atoms with E-state index in [2.05, 4.69) is 24.0 Å². The molecule has 0 radical (unpaired) electrons. The first-order chi connectivity index (χ1) is 11.8. The molecule has 0 saturated carbocycles. The van der Waals surface area contributed by atoms with Gasteiger partial charge in [0.1, 0.15) is 5.75 Å². The fourth-order valence-electron chi connectivity index (χ4n) is 2.77. The van der Waals surface area contributed by atoms with Crippen LogP contribution in [0.1, 0.15) is 36.5 Å². The summed E-state index contributed by atoms with van der Waals surface area (Å²) in [7, 11) is 0. The zero-order valence-electron chi connectivity index (χ0n) is 14.0. The lowest BCUT2D eigenvalue weighted by atomic mass is 9.96. The zero-order valence-corrected chi connectivity index (χ0v) is 14.7. The van der Waals surface area contributed by atoms with E-state index in [-0.39, 0.29) is 0 Å². The Hall–Kier alpha value is -2.06. The van der Waals surface area contributed by atoms with Crippen molar-refractivity contribution in [2.24, 2.45) is 4.99 Å². The third-order valence-corrected chi connectivity index (χ3v) is 4.36. The van der Waals surface area contributed by atoms with Crippen LogP contribution in [0, 0.1) is 0 Å². The molecule has 0 aromatic heterocycles. The van der Waals surface area contributed by atoms with Gasteiger partial charge in [0.05, 0.1) is 17.4 Å². The molecule has 0 saturated heterocycles. The Labute approximate surface area is 148 Å². The minimum Gasteiger partial charge on any atom is -0.494 e. The van der Waals surface area contributed by atoms with Crippen molar-refractivity contribution in [3.63, 3.8) is 0 Å². The fraction of sp³-hybridized carbons (Fsp3) is 0.286. The molecule has 1 heterocycles. The van der Waals surface area contributed by atoms with Crippen LogP contribution in [0.4, 0.5) is 0 Å². The van der Waals surface area contributed by atoms with Crippen LogP contribution < -0.4 is 4.74 Å². The van der Waals surface area contributed by atoms with Gasteiger partial charge in [-0.05, 0) is 48.2 Å². The largest absolute Gasteiger partial charge is 0.494 e. The Morgan fingerprint density at radius 3 is 2.83 bits per heavy atom. The Morgan fingerprint density at radius 2 is 2.04 bits per heavy atom. The molecule has 0 amide bonds. The van der Waals surface area contributed by atoms with Gasteiger partial charge in [-0.25, -0.2) is 0 Å². The van der Waals surface area contributed by atoms with Crippen molar-refractivity contribution in [2.45, 2.75) is 26.2 Å². The quantitative estimate of drug-likeness (QED) is 0.637. The molecule has 1 aliphatic heterocycles. The molecule has 0 N–H and O–H groups in total. The predicted octanol–water partition coefficient (Wildman–Crippen LogP) is 5.49. The standard InChI is InChI=1S/C21H22ClNO/c1-2-3-13-24-18-9-10-19-17(15-18)11-12-23-21(19)20(22)14-16-7-5-4-6-8-16/h4-10,14-15H,2-3,11-13H2,1H3/b20-14-. The third-order valence-electron chi connectivity index (χ3n) is 4.07. The van der Waals surface area contributed by atoms with Crippen LogP contribution in [0.15, 0.2) is 58.6 Å². The number of ether oxygens (including phenoxy) is 1. The second-order valence-corrected chi connectivity index (χ2v) is 6.31. The van der Waals surface area contributed by atoms with E-state index < -0.39 is 0 Å². The highest BCUT2D eigenvalue weighted by atomic mass is 35.5. The summed E-state index contributed by atoms with van der Waals surface area (Å²) in [5.74, 6) is 0.937. The maximum atomic E-state index is 6.56. The lowest BCUT2D eigenvalue weighted by Gasteiger charge is -2.18. The molecular weight excluding hydrogens is 318 g/mol. The average Bonchev–Trinajstić information content (AvgIpc) is 2.62. The minimum absolute atomic E-state index is 0.682. The summed E-state index contributed by atoms with van der Waals surface area (Å²) in [6, 6.07) is 16.3. The van der Waals surface area contributed by atoms with Crippen LogP contribution >= 0.6 is 11.6 Å². The van der Waals surface area contributed by atoms with Gasteiger partial charge in [-0.2, -0.15) is 0 Å². The SMILES string of the molecule is CCCCOc1ccc2c(c1)CCN=C2/C(Cl)=C/c1ccccc1. The van der Waals surface area contributed by atoms with E-state index in [1.165, 1.54) is 5.56 Å². The van der Waals surface area contributed by atoms with Crippen LogP contribution in [0.3, 0.4) is 0 Å². The molecule has 0 atom stereocenters. The summed E-state index contributed by atoms with van der Waals surface area (Å²) in [4.78, 5) is 4.65. The van der Waals surface area contributed by atoms with Crippen LogP contribution in [0.25, 0.3) is 6.08 Å². The van der Waals surface area contributed by atoms with E-state index in [0.717, 1.165) is 55.0 Å². The summed E-state index contributed by atoms with van der Waals surface area (Å²) in [5, 5.41) is 0.682. The molecule has 2 nitrogen and oxygen atoms in total. The topological polar surface area (TPSA) is 21.6 Å². The van der Waals surface area contributed by atoms with Crippen molar-refractivity contribution >= 4 is 23.4 Å². The number of halogens is 1. The molecule has 0 unspecified atom stereocenters. The fourth-order valence-corrected chi connectivity index (χ4v) is 3.06. The van der Waals surface area contributed by atoms with Gasteiger partial charge in [0, 0.05) is 12.1 Å². The van der Waals surface area contributed by atoms with Crippen molar-refractivity contribution in [1.29, 1.82) is 0 Å². The lowest BCUT2D eigenvalue weighted by molar-refractivity contribution is 0.309. The Kier molecular flexibility index (Phi) is 5.71. The van der Waals surface area contributed by atoms with Gasteiger partial charge in [0.25, 0.3) is 0 Å². The van der Waals surface area contributed by atoms with Crippen LogP contribution in [-0.4, -0.2) is 18.9 Å². The van der Waals surface area contributed by atoms with Crippen LogP contribution in [-0.2, 0) is 6.42 Å². The molecule has 0 spiro atoms. The van der Waals surface area contributed by atoms with E-state index in [0.29, 0.717) is 5.03 Å². The van der Waals surface area contributed by atoms with Gasteiger partial charge in [-0.1, -0.05) is 55.3 Å². The maximum Gasteiger partial charge on any atom is 0.119 e. The highest BCUT2D eigenvalue weighted by Crippen LogP contribution is 2.27. The zero-order chi connectivity index (χ0) is 16.8. The molecule has 2 aromatic carbocycles. The number of benzene rings is 2. The number of hydrogen-bond acceptors (Lipinski definition) is 2. The van der Waals surface area contributed by atoms with Crippen molar-refractivity contribution in [3.8, 4) is 5.75 Å². The first-order valence-electron chi connectivity index (χ1n) is 8.51. The normalized spacial score (nSPS) is 14.1. The number of unbranched alkanes of at least 4 members (excludes halogenated alkanes) is 1. The molecule has 1 aliphatic rings. The van der Waals surface area contributed by atoms with Gasteiger partial charge < -0.3 is 4.74 Å². The van der Waals surface area contributed by atoms with Gasteiger partial charge in [-0.3, -0.25) is 4.99 Å². The van der Waals surface area contributed by atoms with E-state index in [1.54, 1.807) is 0 Å². The molecule has 124 valence electrons. The highest BCUT2D eigenvalue weighted by molar-refractivity contribution is 6.48. The molecule has 3 heteroatoms. The first kappa shape index (κ1) is 16.8. The lowest BCUT2D eigenvalue weighted by Crippen LogP contribution is -2.13. The van der Waals surface area contributed by atoms with Gasteiger partial charge in [0.2, 0.25) is 0 Å². The predicted molar refractivity (Wildman–Crippen MR) is 102 cm³/mol. The second-order valence-electron chi connectivity index (χ2n) is 5.90. The highest BCUT2D eigenvalue weighted by Gasteiger charge is 2.17. The summed E-state index contributed by atoms with van der Waals surface area (Å²) in [5.41, 5.74) is 4.33. The average molecular weight is 340 g/mol. The van der Waals surface area contributed by atoms with E-state index in [9.17, 15) is 0 Å².